The van der Waals surface area contributed by atoms with Crippen LogP contribution in [0.2, 0.25) is 0 Å². The van der Waals surface area contributed by atoms with E-state index in [0.29, 0.717) is 0 Å². The normalized spacial score (nSPS) is 13.0. The molecule has 3 heterocycles. The van der Waals surface area contributed by atoms with Crippen molar-refractivity contribution in [3.8, 4) is 0 Å². The van der Waals surface area contributed by atoms with E-state index in [0.717, 1.165) is 89.9 Å². The van der Waals surface area contributed by atoms with E-state index in [2.05, 4.69) is 214 Å². The molecule has 0 amide bonds. The summed E-state index contributed by atoms with van der Waals surface area (Å²) in [5, 5.41) is 3.34. The Kier molecular flexibility index (Phi) is 6.79. The van der Waals surface area contributed by atoms with Crippen molar-refractivity contribution >= 4 is 89.9 Å². The molecule has 9 aromatic rings. The minimum absolute atomic E-state index is 0.935. The second-order valence-electron chi connectivity index (χ2n) is 13.6. The molecular weight excluding hydrogens is 659 g/mol. The SMILES string of the molecule is c1ccc(N2c3ccccc3N(c3c4ccccc4c(N4c5ccccc5N(c5ccccc5)c5ccccc54)c4ncccc34)c3ccccc32)cc1. The van der Waals surface area contributed by atoms with Gasteiger partial charge in [-0.05, 0) is 84.9 Å². The highest BCUT2D eigenvalue weighted by molar-refractivity contribution is 6.24. The summed E-state index contributed by atoms with van der Waals surface area (Å²) in [4.78, 5) is 14.9. The molecule has 11 rings (SSSR count). The van der Waals surface area contributed by atoms with Crippen molar-refractivity contribution in [3.63, 3.8) is 0 Å². The zero-order valence-electron chi connectivity index (χ0n) is 29.3. The quantitative estimate of drug-likeness (QED) is 0.171. The number of aromatic nitrogens is 1. The van der Waals surface area contributed by atoms with Gasteiger partial charge in [0.05, 0.1) is 62.4 Å². The van der Waals surface area contributed by atoms with Crippen LogP contribution in [0.4, 0.5) is 68.2 Å². The molecule has 0 bridgehead atoms. The fraction of sp³-hybridized carbons (Fsp3) is 0. The van der Waals surface area contributed by atoms with Crippen molar-refractivity contribution in [2.45, 2.75) is 0 Å². The molecule has 0 atom stereocenters. The van der Waals surface area contributed by atoms with Crippen molar-refractivity contribution < 1.29 is 0 Å². The standard InChI is InChI=1S/C49H33N5/c1-3-18-34(19-4-1)51-39-25-9-13-29-43(39)53(44-30-14-10-26-40(44)51)48-36-22-7-8-23-37(36)49(47-38(48)24-17-33-50-47)54-45-31-15-11-27-41(45)52(35-20-5-2-6-21-35)42-28-12-16-32-46(42)54/h1-33H. The fourth-order valence-corrected chi connectivity index (χ4v) is 8.50. The number of nitrogens with zero attached hydrogens (tertiary/aromatic N) is 5. The summed E-state index contributed by atoms with van der Waals surface area (Å²) in [5.41, 5.74) is 14.2. The van der Waals surface area contributed by atoms with Crippen LogP contribution in [0, 0.1) is 0 Å². The highest BCUT2D eigenvalue weighted by atomic mass is 15.3. The van der Waals surface area contributed by atoms with Gasteiger partial charge in [0.25, 0.3) is 0 Å². The number of para-hydroxylation sites is 10. The summed E-state index contributed by atoms with van der Waals surface area (Å²) in [5.74, 6) is 0. The minimum atomic E-state index is 0.935. The first kappa shape index (κ1) is 30.3. The van der Waals surface area contributed by atoms with Crippen LogP contribution in [-0.4, -0.2) is 4.98 Å². The summed E-state index contributed by atoms with van der Waals surface area (Å²) < 4.78 is 0. The van der Waals surface area contributed by atoms with Gasteiger partial charge in [0, 0.05) is 33.7 Å². The maximum atomic E-state index is 5.27. The number of anilines is 12. The Morgan fingerprint density at radius 2 is 0.574 bits per heavy atom. The average molecular weight is 692 g/mol. The maximum absolute atomic E-state index is 5.27. The van der Waals surface area contributed by atoms with Gasteiger partial charge in [0.1, 0.15) is 0 Å². The second kappa shape index (κ2) is 12.1. The second-order valence-corrected chi connectivity index (χ2v) is 13.6. The van der Waals surface area contributed by atoms with Gasteiger partial charge in [-0.25, -0.2) is 0 Å². The Bertz CT molecular complexity index is 2520. The Labute approximate surface area is 313 Å². The lowest BCUT2D eigenvalue weighted by Gasteiger charge is -2.42. The number of hydrogen-bond donors (Lipinski definition) is 0. The van der Waals surface area contributed by atoms with E-state index in [1.807, 2.05) is 6.20 Å². The van der Waals surface area contributed by atoms with Crippen LogP contribution < -0.4 is 19.6 Å². The average Bonchev–Trinajstić information content (AvgIpc) is 3.25. The third kappa shape index (κ3) is 4.42. The van der Waals surface area contributed by atoms with Gasteiger partial charge >= 0.3 is 0 Å². The Morgan fingerprint density at radius 3 is 1.00 bits per heavy atom. The summed E-state index contributed by atoms with van der Waals surface area (Å²) in [6.07, 6.45) is 1.93. The smallest absolute Gasteiger partial charge is 0.0970 e. The molecular formula is C49H33N5. The van der Waals surface area contributed by atoms with Crippen molar-refractivity contribution in [1.29, 1.82) is 0 Å². The lowest BCUT2D eigenvalue weighted by molar-refractivity contribution is 1.17. The molecule has 0 fully saturated rings. The summed E-state index contributed by atoms with van der Waals surface area (Å²) >= 11 is 0. The van der Waals surface area contributed by atoms with Crippen LogP contribution in [0.25, 0.3) is 21.7 Å². The van der Waals surface area contributed by atoms with E-state index in [-0.39, 0.29) is 0 Å². The van der Waals surface area contributed by atoms with Gasteiger partial charge in [0.2, 0.25) is 0 Å². The molecule has 0 N–H and O–H groups in total. The predicted octanol–water partition coefficient (Wildman–Crippen LogP) is 13.9. The highest BCUT2D eigenvalue weighted by Crippen LogP contribution is 2.60. The molecule has 5 heteroatoms. The zero-order valence-corrected chi connectivity index (χ0v) is 29.3. The number of pyridine rings is 1. The molecule has 54 heavy (non-hydrogen) atoms. The van der Waals surface area contributed by atoms with Crippen LogP contribution in [0.1, 0.15) is 0 Å². The van der Waals surface area contributed by atoms with Gasteiger partial charge in [-0.1, -0.05) is 109 Å². The third-order valence-corrected chi connectivity index (χ3v) is 10.7. The number of rotatable bonds is 4. The monoisotopic (exact) mass is 691 g/mol. The van der Waals surface area contributed by atoms with Gasteiger partial charge < -0.3 is 19.6 Å². The Hall–Kier alpha value is -7.37. The molecule has 254 valence electrons. The molecule has 5 nitrogen and oxygen atoms in total. The number of benzene rings is 8. The van der Waals surface area contributed by atoms with E-state index in [1.165, 1.54) is 0 Å². The van der Waals surface area contributed by atoms with Gasteiger partial charge in [0.15, 0.2) is 0 Å². The largest absolute Gasteiger partial charge is 0.306 e. The molecule has 0 unspecified atom stereocenters. The van der Waals surface area contributed by atoms with E-state index in [1.54, 1.807) is 0 Å². The zero-order chi connectivity index (χ0) is 35.6. The van der Waals surface area contributed by atoms with Crippen LogP contribution in [0.5, 0.6) is 0 Å². The number of fused-ring (bicyclic) bond motifs is 6. The fourth-order valence-electron chi connectivity index (χ4n) is 8.50. The molecule has 0 aliphatic carbocycles. The first-order chi connectivity index (χ1) is 26.9. The topological polar surface area (TPSA) is 25.9 Å². The summed E-state index contributed by atoms with van der Waals surface area (Å²) in [7, 11) is 0. The van der Waals surface area contributed by atoms with Crippen molar-refractivity contribution in [1.82, 2.24) is 4.98 Å². The molecule has 0 saturated carbocycles. The molecule has 0 saturated heterocycles. The van der Waals surface area contributed by atoms with E-state index in [9.17, 15) is 0 Å². The van der Waals surface area contributed by atoms with Crippen molar-refractivity contribution in [3.05, 3.63) is 200 Å². The van der Waals surface area contributed by atoms with E-state index < -0.39 is 0 Å². The molecule has 2 aliphatic heterocycles. The third-order valence-electron chi connectivity index (χ3n) is 10.7. The molecule has 0 radical (unpaired) electrons. The van der Waals surface area contributed by atoms with Crippen LogP contribution in [-0.2, 0) is 0 Å². The van der Waals surface area contributed by atoms with Crippen LogP contribution in [0.15, 0.2) is 200 Å². The van der Waals surface area contributed by atoms with Crippen molar-refractivity contribution in [2.24, 2.45) is 0 Å². The molecule has 8 aromatic carbocycles. The maximum Gasteiger partial charge on any atom is 0.0970 e. The van der Waals surface area contributed by atoms with E-state index >= 15 is 0 Å². The minimum Gasteiger partial charge on any atom is -0.306 e. The van der Waals surface area contributed by atoms with Gasteiger partial charge in [-0.3, -0.25) is 4.98 Å². The Morgan fingerprint density at radius 1 is 0.259 bits per heavy atom. The first-order valence-corrected chi connectivity index (χ1v) is 18.3. The summed E-state index contributed by atoms with van der Waals surface area (Å²) in [6.45, 7) is 0. The summed E-state index contributed by atoms with van der Waals surface area (Å²) in [6, 6.07) is 69.3. The molecule has 0 spiro atoms. The predicted molar refractivity (Wildman–Crippen MR) is 225 cm³/mol. The first-order valence-electron chi connectivity index (χ1n) is 18.3. The van der Waals surface area contributed by atoms with Gasteiger partial charge in [-0.15, -0.1) is 0 Å². The van der Waals surface area contributed by atoms with Gasteiger partial charge in [-0.2, -0.15) is 0 Å². The highest BCUT2D eigenvalue weighted by Gasteiger charge is 2.36. The van der Waals surface area contributed by atoms with E-state index in [4.69, 9.17) is 4.98 Å². The Balaban J connectivity index is 1.22. The lowest BCUT2D eigenvalue weighted by atomic mass is 9.95. The molecule has 2 aliphatic rings. The van der Waals surface area contributed by atoms with Crippen LogP contribution in [0.3, 0.4) is 0 Å². The lowest BCUT2D eigenvalue weighted by Crippen LogP contribution is -2.25. The molecule has 1 aromatic heterocycles. The van der Waals surface area contributed by atoms with Crippen LogP contribution >= 0.6 is 0 Å². The number of hydrogen-bond acceptors (Lipinski definition) is 5. The van der Waals surface area contributed by atoms with Crippen molar-refractivity contribution in [2.75, 3.05) is 19.6 Å².